The molecule has 2 fully saturated rings. The van der Waals surface area contributed by atoms with E-state index in [0.29, 0.717) is 24.8 Å². The van der Waals surface area contributed by atoms with Crippen molar-refractivity contribution in [3.05, 3.63) is 17.0 Å². The van der Waals surface area contributed by atoms with E-state index in [4.69, 9.17) is 0 Å². The molecule has 0 bridgehead atoms. The molecule has 1 aliphatic heterocycles. The number of carbonyl (C=O) groups is 2. The minimum atomic E-state index is -3.72. The zero-order valence-electron chi connectivity index (χ0n) is 13.9. The molecule has 1 aromatic heterocycles. The first-order chi connectivity index (χ1) is 11.9. The van der Waals surface area contributed by atoms with Crippen LogP contribution >= 0.6 is 23.1 Å². The van der Waals surface area contributed by atoms with Crippen LogP contribution in [0.5, 0.6) is 0 Å². The normalized spacial score (nSPS) is 21.2. The molecule has 25 heavy (non-hydrogen) atoms. The molecule has 1 atom stereocenters. The summed E-state index contributed by atoms with van der Waals surface area (Å²) in [7, 11) is -3.72. The first-order valence-corrected chi connectivity index (χ1v) is 11.5. The average molecular weight is 404 g/mol. The lowest BCUT2D eigenvalue weighted by molar-refractivity contribution is -0.124. The molecule has 1 unspecified atom stereocenters. The first kappa shape index (κ1) is 18.7. The second-order valence-corrected chi connectivity index (χ2v) is 10.5. The van der Waals surface area contributed by atoms with Crippen molar-refractivity contribution in [1.29, 1.82) is 0 Å². The Labute approximate surface area is 155 Å². The van der Waals surface area contributed by atoms with Crippen molar-refractivity contribution < 1.29 is 18.0 Å². The minimum Gasteiger partial charge on any atom is -0.354 e. The van der Waals surface area contributed by atoms with Gasteiger partial charge in [0.25, 0.3) is 10.0 Å². The van der Waals surface area contributed by atoms with Gasteiger partial charge in [-0.2, -0.15) is 4.31 Å². The Morgan fingerprint density at radius 3 is 2.72 bits per heavy atom. The van der Waals surface area contributed by atoms with Gasteiger partial charge in [-0.1, -0.05) is 0 Å². The summed E-state index contributed by atoms with van der Waals surface area (Å²) in [4.78, 5) is 24.1. The van der Waals surface area contributed by atoms with Gasteiger partial charge in [0.05, 0.1) is 12.4 Å². The average Bonchev–Trinajstić information content (AvgIpc) is 3.06. The molecule has 2 aliphatic rings. The van der Waals surface area contributed by atoms with Gasteiger partial charge in [-0.15, -0.1) is 23.1 Å². The number of amides is 2. The standard InChI is InChI=1S/C15H21N3O4S3/c1-10(19)16-7-12-4-5-14(24-12)25(21,22)18-9-23-8-13(18)15(20)17-6-11-2-3-11/h4-5,11,13H,2-3,6-9H2,1H3,(H,16,19)(H,17,20). The van der Waals surface area contributed by atoms with Crippen molar-refractivity contribution in [3.8, 4) is 0 Å². The van der Waals surface area contributed by atoms with E-state index in [1.54, 1.807) is 12.1 Å². The fourth-order valence-corrected chi connectivity index (χ4v) is 7.05. The lowest BCUT2D eigenvalue weighted by Gasteiger charge is -2.21. The number of hydrogen-bond acceptors (Lipinski definition) is 6. The molecule has 1 saturated carbocycles. The molecule has 10 heteroatoms. The Hall–Kier alpha value is -1.10. The third-order valence-corrected chi connectivity index (χ3v) is 8.70. The second kappa shape index (κ2) is 7.65. The Morgan fingerprint density at radius 1 is 1.28 bits per heavy atom. The Bertz CT molecular complexity index is 758. The summed E-state index contributed by atoms with van der Waals surface area (Å²) < 4.78 is 27.3. The highest BCUT2D eigenvalue weighted by molar-refractivity contribution is 8.01. The molecule has 1 aromatic rings. The molecule has 138 valence electrons. The van der Waals surface area contributed by atoms with Crippen molar-refractivity contribution in [2.75, 3.05) is 18.2 Å². The SMILES string of the molecule is CC(=O)NCc1ccc(S(=O)(=O)N2CSCC2C(=O)NCC2CC2)s1. The van der Waals surface area contributed by atoms with Crippen LogP contribution in [-0.4, -0.2) is 48.8 Å². The number of hydrogen-bond donors (Lipinski definition) is 2. The smallest absolute Gasteiger partial charge is 0.254 e. The maximum absolute atomic E-state index is 12.9. The minimum absolute atomic E-state index is 0.166. The van der Waals surface area contributed by atoms with Gasteiger partial charge in [0.2, 0.25) is 11.8 Å². The van der Waals surface area contributed by atoms with Crippen LogP contribution in [0.2, 0.25) is 0 Å². The molecule has 0 aromatic carbocycles. The molecule has 3 rings (SSSR count). The van der Waals surface area contributed by atoms with Crippen LogP contribution in [-0.2, 0) is 26.2 Å². The third-order valence-electron chi connectivity index (χ3n) is 4.12. The van der Waals surface area contributed by atoms with Crippen molar-refractivity contribution in [2.24, 2.45) is 5.92 Å². The van der Waals surface area contributed by atoms with E-state index in [9.17, 15) is 18.0 Å². The van der Waals surface area contributed by atoms with Gasteiger partial charge in [0.1, 0.15) is 10.3 Å². The first-order valence-electron chi connectivity index (χ1n) is 8.08. The van der Waals surface area contributed by atoms with E-state index in [1.165, 1.54) is 23.0 Å². The third kappa shape index (κ3) is 4.55. The Morgan fingerprint density at radius 2 is 2.04 bits per heavy atom. The van der Waals surface area contributed by atoms with E-state index in [-0.39, 0.29) is 21.9 Å². The van der Waals surface area contributed by atoms with Crippen LogP contribution in [0.1, 0.15) is 24.6 Å². The quantitative estimate of drug-likeness (QED) is 0.707. The maximum Gasteiger partial charge on any atom is 0.254 e. The monoisotopic (exact) mass is 403 g/mol. The fraction of sp³-hybridized carbons (Fsp3) is 0.600. The molecule has 2 heterocycles. The topological polar surface area (TPSA) is 95.6 Å². The Balaban J connectivity index is 1.69. The largest absolute Gasteiger partial charge is 0.354 e. The fourth-order valence-electron chi connectivity index (χ4n) is 2.47. The van der Waals surface area contributed by atoms with Crippen LogP contribution < -0.4 is 10.6 Å². The van der Waals surface area contributed by atoms with Crippen molar-refractivity contribution in [1.82, 2.24) is 14.9 Å². The van der Waals surface area contributed by atoms with E-state index in [2.05, 4.69) is 10.6 Å². The predicted molar refractivity (Wildman–Crippen MR) is 97.7 cm³/mol. The summed E-state index contributed by atoms with van der Waals surface area (Å²) in [5, 5.41) is 5.53. The molecule has 1 saturated heterocycles. The number of rotatable bonds is 7. The highest BCUT2D eigenvalue weighted by atomic mass is 32.2. The van der Waals surface area contributed by atoms with Crippen molar-refractivity contribution >= 4 is 44.9 Å². The molecular formula is C15H21N3O4S3. The molecule has 0 radical (unpaired) electrons. The molecule has 1 aliphatic carbocycles. The lowest BCUT2D eigenvalue weighted by Crippen LogP contribution is -2.47. The number of nitrogens with one attached hydrogen (secondary N) is 2. The van der Waals surface area contributed by atoms with Crippen LogP contribution in [0, 0.1) is 5.92 Å². The maximum atomic E-state index is 12.9. The number of thiophene rings is 1. The van der Waals surface area contributed by atoms with Gasteiger partial charge >= 0.3 is 0 Å². The van der Waals surface area contributed by atoms with Crippen molar-refractivity contribution in [2.45, 2.75) is 36.6 Å². The van der Waals surface area contributed by atoms with Crippen LogP contribution in [0.3, 0.4) is 0 Å². The molecule has 7 nitrogen and oxygen atoms in total. The van der Waals surface area contributed by atoms with Crippen molar-refractivity contribution in [3.63, 3.8) is 0 Å². The highest BCUT2D eigenvalue weighted by Gasteiger charge is 2.41. The summed E-state index contributed by atoms with van der Waals surface area (Å²) in [6.07, 6.45) is 2.27. The van der Waals surface area contributed by atoms with Crippen LogP contribution in [0.4, 0.5) is 0 Å². The highest BCUT2D eigenvalue weighted by Crippen LogP contribution is 2.32. The Kier molecular flexibility index (Phi) is 5.71. The lowest BCUT2D eigenvalue weighted by atomic mass is 10.3. The predicted octanol–water partition coefficient (Wildman–Crippen LogP) is 0.974. The van der Waals surface area contributed by atoms with E-state index >= 15 is 0 Å². The van der Waals surface area contributed by atoms with Gasteiger partial charge in [0.15, 0.2) is 0 Å². The summed E-state index contributed by atoms with van der Waals surface area (Å²) in [5.74, 6) is 0.927. The van der Waals surface area contributed by atoms with Gasteiger partial charge in [0, 0.05) is 24.1 Å². The van der Waals surface area contributed by atoms with Gasteiger partial charge in [-0.05, 0) is 30.9 Å². The molecule has 2 amide bonds. The van der Waals surface area contributed by atoms with Crippen LogP contribution in [0.25, 0.3) is 0 Å². The number of carbonyl (C=O) groups excluding carboxylic acids is 2. The summed E-state index contributed by atoms with van der Waals surface area (Å²) >= 11 is 2.57. The zero-order chi connectivity index (χ0) is 18.0. The van der Waals surface area contributed by atoms with Gasteiger partial charge in [-0.25, -0.2) is 8.42 Å². The second-order valence-electron chi connectivity index (χ2n) is 6.23. The van der Waals surface area contributed by atoms with Crippen LogP contribution in [0.15, 0.2) is 16.3 Å². The van der Waals surface area contributed by atoms with E-state index < -0.39 is 16.1 Å². The van der Waals surface area contributed by atoms with Gasteiger partial charge < -0.3 is 10.6 Å². The summed E-state index contributed by atoms with van der Waals surface area (Å²) in [5.41, 5.74) is 0. The van der Waals surface area contributed by atoms with Gasteiger partial charge in [-0.3, -0.25) is 9.59 Å². The van der Waals surface area contributed by atoms with E-state index in [1.807, 2.05) is 0 Å². The molecular weight excluding hydrogens is 382 g/mol. The number of sulfonamides is 1. The molecule has 0 spiro atoms. The summed E-state index contributed by atoms with van der Waals surface area (Å²) in [6.45, 7) is 2.35. The zero-order valence-corrected chi connectivity index (χ0v) is 16.3. The molecule has 2 N–H and O–H groups in total. The number of nitrogens with zero attached hydrogens (tertiary/aromatic N) is 1. The van der Waals surface area contributed by atoms with E-state index in [0.717, 1.165) is 29.1 Å². The number of thioether (sulfide) groups is 1. The summed E-state index contributed by atoms with van der Waals surface area (Å²) in [6, 6.07) is 2.58.